The summed E-state index contributed by atoms with van der Waals surface area (Å²) in [5, 5.41) is 0. The van der Waals surface area contributed by atoms with E-state index >= 15 is 0 Å². The standard InChI is InChI=1S/C16H17N3O/c1-10-15-13(9-20)7-12(11-5-3-2-4-6-11)8-14(15)19-16(17)18-10/h2-6,9,12-13H,7-8H2,1H3,(H2,17,18,19). The smallest absolute Gasteiger partial charge is 0.220 e. The van der Waals surface area contributed by atoms with E-state index in [2.05, 4.69) is 22.1 Å². The van der Waals surface area contributed by atoms with Crippen molar-refractivity contribution in [3.63, 3.8) is 0 Å². The topological polar surface area (TPSA) is 68.9 Å². The fourth-order valence-corrected chi connectivity index (χ4v) is 3.15. The van der Waals surface area contributed by atoms with Gasteiger partial charge in [-0.15, -0.1) is 0 Å². The molecule has 0 radical (unpaired) electrons. The zero-order valence-electron chi connectivity index (χ0n) is 11.4. The van der Waals surface area contributed by atoms with Gasteiger partial charge in [-0.1, -0.05) is 30.3 Å². The highest BCUT2D eigenvalue weighted by Gasteiger charge is 2.30. The third-order valence-corrected chi connectivity index (χ3v) is 4.02. The second-order valence-electron chi connectivity index (χ2n) is 5.32. The Morgan fingerprint density at radius 3 is 2.70 bits per heavy atom. The van der Waals surface area contributed by atoms with Crippen LogP contribution in [0.25, 0.3) is 0 Å². The second kappa shape index (κ2) is 5.04. The van der Waals surface area contributed by atoms with E-state index in [4.69, 9.17) is 5.73 Å². The van der Waals surface area contributed by atoms with Gasteiger partial charge in [0.25, 0.3) is 0 Å². The van der Waals surface area contributed by atoms with Gasteiger partial charge in [0, 0.05) is 17.2 Å². The van der Waals surface area contributed by atoms with E-state index in [9.17, 15) is 4.79 Å². The minimum absolute atomic E-state index is 0.135. The van der Waals surface area contributed by atoms with Crippen LogP contribution in [0, 0.1) is 6.92 Å². The van der Waals surface area contributed by atoms with Crippen LogP contribution < -0.4 is 5.73 Å². The monoisotopic (exact) mass is 267 g/mol. The summed E-state index contributed by atoms with van der Waals surface area (Å²) in [6, 6.07) is 10.3. The molecule has 0 fully saturated rings. The first-order valence-electron chi connectivity index (χ1n) is 6.82. The summed E-state index contributed by atoms with van der Waals surface area (Å²) in [4.78, 5) is 20.0. The van der Waals surface area contributed by atoms with Crippen molar-refractivity contribution in [3.05, 3.63) is 52.8 Å². The fraction of sp³-hybridized carbons (Fsp3) is 0.312. The molecule has 102 valence electrons. The summed E-state index contributed by atoms with van der Waals surface area (Å²) in [7, 11) is 0. The van der Waals surface area contributed by atoms with Crippen molar-refractivity contribution in [1.29, 1.82) is 0 Å². The number of carbonyl (C=O) groups is 1. The Hall–Kier alpha value is -2.23. The van der Waals surface area contributed by atoms with Crippen molar-refractivity contribution in [2.75, 3.05) is 5.73 Å². The molecule has 1 aliphatic carbocycles. The maximum absolute atomic E-state index is 11.4. The van der Waals surface area contributed by atoms with E-state index in [1.807, 2.05) is 25.1 Å². The lowest BCUT2D eigenvalue weighted by atomic mass is 9.76. The lowest BCUT2D eigenvalue weighted by molar-refractivity contribution is -0.109. The normalized spacial score (nSPS) is 21.2. The molecule has 0 bridgehead atoms. The third-order valence-electron chi connectivity index (χ3n) is 4.02. The number of aryl methyl sites for hydroxylation is 1. The maximum atomic E-state index is 11.4. The number of fused-ring (bicyclic) bond motifs is 1. The summed E-state index contributed by atoms with van der Waals surface area (Å²) < 4.78 is 0. The van der Waals surface area contributed by atoms with E-state index < -0.39 is 0 Å². The molecule has 2 aromatic rings. The second-order valence-corrected chi connectivity index (χ2v) is 5.32. The van der Waals surface area contributed by atoms with E-state index in [1.165, 1.54) is 5.56 Å². The molecule has 4 nitrogen and oxygen atoms in total. The molecule has 0 saturated carbocycles. The molecule has 0 spiro atoms. The van der Waals surface area contributed by atoms with Crippen molar-refractivity contribution in [3.8, 4) is 0 Å². The minimum Gasteiger partial charge on any atom is -0.368 e. The largest absolute Gasteiger partial charge is 0.368 e. The Labute approximate surface area is 118 Å². The summed E-state index contributed by atoms with van der Waals surface area (Å²) in [6.45, 7) is 1.90. The number of anilines is 1. The van der Waals surface area contributed by atoms with Crippen LogP contribution in [0.5, 0.6) is 0 Å². The molecular weight excluding hydrogens is 250 g/mol. The zero-order chi connectivity index (χ0) is 14.1. The summed E-state index contributed by atoms with van der Waals surface area (Å²) >= 11 is 0. The van der Waals surface area contributed by atoms with Gasteiger partial charge in [0.1, 0.15) is 6.29 Å². The van der Waals surface area contributed by atoms with Crippen LogP contribution in [-0.2, 0) is 11.2 Å². The SMILES string of the molecule is Cc1nc(N)nc2c1C(C=O)CC(c1ccccc1)C2. The number of nitrogen functional groups attached to an aromatic ring is 1. The highest BCUT2D eigenvalue weighted by molar-refractivity contribution is 5.65. The number of aldehydes is 1. The summed E-state index contributed by atoms with van der Waals surface area (Å²) in [6.07, 6.45) is 2.65. The number of hydrogen-bond acceptors (Lipinski definition) is 4. The highest BCUT2D eigenvalue weighted by Crippen LogP contribution is 2.39. The van der Waals surface area contributed by atoms with E-state index in [0.717, 1.165) is 36.1 Å². The predicted molar refractivity (Wildman–Crippen MR) is 77.5 cm³/mol. The van der Waals surface area contributed by atoms with Crippen LogP contribution in [0.4, 0.5) is 5.95 Å². The Kier molecular flexibility index (Phi) is 3.22. The van der Waals surface area contributed by atoms with Gasteiger partial charge < -0.3 is 10.5 Å². The third kappa shape index (κ3) is 2.18. The van der Waals surface area contributed by atoms with Crippen LogP contribution in [0.3, 0.4) is 0 Å². The Morgan fingerprint density at radius 2 is 2.00 bits per heavy atom. The molecule has 0 saturated heterocycles. The van der Waals surface area contributed by atoms with Crippen molar-refractivity contribution >= 4 is 12.2 Å². The Balaban J connectivity index is 2.04. The van der Waals surface area contributed by atoms with Crippen LogP contribution in [-0.4, -0.2) is 16.3 Å². The van der Waals surface area contributed by atoms with Gasteiger partial charge in [-0.25, -0.2) is 9.97 Å². The van der Waals surface area contributed by atoms with Gasteiger partial charge in [-0.05, 0) is 31.2 Å². The molecule has 0 amide bonds. The molecule has 1 aliphatic rings. The average molecular weight is 267 g/mol. The number of benzene rings is 1. The first-order valence-corrected chi connectivity index (χ1v) is 6.82. The van der Waals surface area contributed by atoms with E-state index in [-0.39, 0.29) is 5.92 Å². The number of nitrogens with zero attached hydrogens (tertiary/aromatic N) is 2. The number of rotatable bonds is 2. The van der Waals surface area contributed by atoms with Gasteiger partial charge >= 0.3 is 0 Å². The summed E-state index contributed by atoms with van der Waals surface area (Å²) in [5.41, 5.74) is 9.72. The van der Waals surface area contributed by atoms with Crippen LogP contribution in [0.1, 0.15) is 40.8 Å². The van der Waals surface area contributed by atoms with E-state index in [1.54, 1.807) is 0 Å². The maximum Gasteiger partial charge on any atom is 0.220 e. The Bertz CT molecular complexity index is 640. The molecule has 20 heavy (non-hydrogen) atoms. The van der Waals surface area contributed by atoms with E-state index in [0.29, 0.717) is 11.9 Å². The van der Waals surface area contributed by atoms with Crippen molar-refractivity contribution in [2.24, 2.45) is 0 Å². The number of aromatic nitrogens is 2. The quantitative estimate of drug-likeness (QED) is 0.848. The van der Waals surface area contributed by atoms with Crippen LogP contribution in [0.15, 0.2) is 30.3 Å². The van der Waals surface area contributed by atoms with Gasteiger partial charge in [-0.3, -0.25) is 0 Å². The lowest BCUT2D eigenvalue weighted by Gasteiger charge is -2.29. The molecule has 2 atom stereocenters. The molecule has 1 aromatic heterocycles. The highest BCUT2D eigenvalue weighted by atomic mass is 16.1. The average Bonchev–Trinajstić information content (AvgIpc) is 2.46. The minimum atomic E-state index is -0.135. The first-order chi connectivity index (χ1) is 9.69. The van der Waals surface area contributed by atoms with Crippen molar-refractivity contribution in [2.45, 2.75) is 31.6 Å². The lowest BCUT2D eigenvalue weighted by Crippen LogP contribution is -2.22. The molecule has 2 N–H and O–H groups in total. The van der Waals surface area contributed by atoms with Gasteiger partial charge in [-0.2, -0.15) is 0 Å². The van der Waals surface area contributed by atoms with Crippen LogP contribution >= 0.6 is 0 Å². The Morgan fingerprint density at radius 1 is 1.25 bits per heavy atom. The zero-order valence-corrected chi connectivity index (χ0v) is 11.4. The first kappa shape index (κ1) is 12.8. The summed E-state index contributed by atoms with van der Waals surface area (Å²) in [5.74, 6) is 0.469. The number of nitrogens with two attached hydrogens (primary N) is 1. The number of hydrogen-bond donors (Lipinski definition) is 1. The molecule has 0 aliphatic heterocycles. The molecule has 1 heterocycles. The van der Waals surface area contributed by atoms with Gasteiger partial charge in [0.2, 0.25) is 5.95 Å². The molecule has 3 rings (SSSR count). The van der Waals surface area contributed by atoms with Gasteiger partial charge in [0.15, 0.2) is 0 Å². The van der Waals surface area contributed by atoms with Gasteiger partial charge in [0.05, 0.1) is 5.69 Å². The fourth-order valence-electron chi connectivity index (χ4n) is 3.15. The predicted octanol–water partition coefficient (Wildman–Crippen LogP) is 2.38. The molecular formula is C16H17N3O. The van der Waals surface area contributed by atoms with Crippen LogP contribution in [0.2, 0.25) is 0 Å². The van der Waals surface area contributed by atoms with Crippen molar-refractivity contribution < 1.29 is 4.79 Å². The molecule has 1 aromatic carbocycles. The van der Waals surface area contributed by atoms with Crippen molar-refractivity contribution in [1.82, 2.24) is 9.97 Å². The number of carbonyl (C=O) groups excluding carboxylic acids is 1. The molecule has 4 heteroatoms. The molecule has 2 unspecified atom stereocenters.